The van der Waals surface area contributed by atoms with Gasteiger partial charge in [-0.3, -0.25) is 9.78 Å². The maximum Gasteiger partial charge on any atom is 0.254 e. The first-order chi connectivity index (χ1) is 10.3. The fraction of sp³-hybridized carbons (Fsp3) is 0.267. The van der Waals surface area contributed by atoms with Gasteiger partial charge in [-0.2, -0.15) is 0 Å². The number of hydrogen-bond acceptors (Lipinski definition) is 5. The number of nitrogens with one attached hydrogen (secondary N) is 1. The van der Waals surface area contributed by atoms with Gasteiger partial charge in [0.2, 0.25) is 0 Å². The molecule has 2 aromatic heterocycles. The Labute approximate surface area is 128 Å². The average molecular weight is 303 g/mol. The lowest BCUT2D eigenvalue weighted by Gasteiger charge is -2.18. The van der Waals surface area contributed by atoms with Crippen molar-refractivity contribution in [3.05, 3.63) is 54.0 Å². The van der Waals surface area contributed by atoms with Crippen molar-refractivity contribution in [2.45, 2.75) is 11.1 Å². The molecule has 0 fully saturated rings. The van der Waals surface area contributed by atoms with Crippen LogP contribution in [0.25, 0.3) is 0 Å². The lowest BCUT2D eigenvalue weighted by molar-refractivity contribution is 0.0890. The molecule has 1 unspecified atom stereocenters. The Morgan fingerprint density at radius 1 is 1.29 bits per heavy atom. The van der Waals surface area contributed by atoms with E-state index in [0.717, 1.165) is 5.69 Å². The van der Waals surface area contributed by atoms with E-state index in [0.29, 0.717) is 17.2 Å². The van der Waals surface area contributed by atoms with Gasteiger partial charge in [0.05, 0.1) is 23.9 Å². The second-order valence-corrected chi connectivity index (χ2v) is 5.09. The summed E-state index contributed by atoms with van der Waals surface area (Å²) < 4.78 is 5.18. The zero-order valence-electron chi connectivity index (χ0n) is 11.9. The molecule has 0 saturated carbocycles. The van der Waals surface area contributed by atoms with Crippen LogP contribution < -0.4 is 5.32 Å². The fourth-order valence-electron chi connectivity index (χ4n) is 1.91. The molecular weight excluding hydrogens is 286 g/mol. The van der Waals surface area contributed by atoms with Crippen molar-refractivity contribution in [3.63, 3.8) is 0 Å². The third-order valence-corrected chi connectivity index (χ3v) is 3.60. The molecule has 2 heterocycles. The Bertz CT molecular complexity index is 592. The van der Waals surface area contributed by atoms with Crippen LogP contribution in [0.4, 0.5) is 0 Å². The first kappa shape index (κ1) is 15.5. The second-order valence-electron chi connectivity index (χ2n) is 4.30. The highest BCUT2D eigenvalue weighted by molar-refractivity contribution is 7.98. The third-order valence-electron chi connectivity index (χ3n) is 2.89. The number of nitrogens with zero attached hydrogens (tertiary/aromatic N) is 2. The topological polar surface area (TPSA) is 64.1 Å². The third kappa shape index (κ3) is 4.03. The van der Waals surface area contributed by atoms with E-state index in [4.69, 9.17) is 4.74 Å². The molecule has 6 heteroatoms. The zero-order valence-corrected chi connectivity index (χ0v) is 12.8. The summed E-state index contributed by atoms with van der Waals surface area (Å²) in [4.78, 5) is 20.9. The van der Waals surface area contributed by atoms with Crippen LogP contribution in [0, 0.1) is 0 Å². The van der Waals surface area contributed by atoms with Crippen molar-refractivity contribution < 1.29 is 9.53 Å². The van der Waals surface area contributed by atoms with Crippen LogP contribution >= 0.6 is 11.8 Å². The first-order valence-electron chi connectivity index (χ1n) is 6.46. The Kier molecular flexibility index (Phi) is 5.71. The van der Waals surface area contributed by atoms with Gasteiger partial charge >= 0.3 is 0 Å². The summed E-state index contributed by atoms with van der Waals surface area (Å²) in [5.41, 5.74) is 1.32. The van der Waals surface area contributed by atoms with E-state index in [2.05, 4.69) is 15.3 Å². The number of rotatable bonds is 6. The standard InChI is InChI=1S/C15H17N3O2S/c1-20-10-13(12-7-3-4-8-16-12)18-14(19)11-6-5-9-17-15(11)21-2/h3-9,13H,10H2,1-2H3,(H,18,19). The summed E-state index contributed by atoms with van der Waals surface area (Å²) in [5.74, 6) is -0.180. The van der Waals surface area contributed by atoms with Crippen molar-refractivity contribution in [2.75, 3.05) is 20.0 Å². The molecule has 0 aliphatic carbocycles. The van der Waals surface area contributed by atoms with Gasteiger partial charge in [-0.15, -0.1) is 11.8 Å². The van der Waals surface area contributed by atoms with E-state index in [9.17, 15) is 4.79 Å². The number of hydrogen-bond donors (Lipinski definition) is 1. The van der Waals surface area contributed by atoms with Crippen molar-refractivity contribution in [1.29, 1.82) is 0 Å². The van der Waals surface area contributed by atoms with E-state index in [1.54, 1.807) is 31.6 Å². The molecule has 110 valence electrons. The van der Waals surface area contributed by atoms with Gasteiger partial charge in [-0.1, -0.05) is 6.07 Å². The second kappa shape index (κ2) is 7.75. The molecule has 0 aliphatic rings. The maximum absolute atomic E-state index is 12.4. The molecule has 0 aromatic carbocycles. The number of amides is 1. The number of pyridine rings is 2. The lowest BCUT2D eigenvalue weighted by atomic mass is 10.1. The van der Waals surface area contributed by atoms with E-state index < -0.39 is 0 Å². The normalized spacial score (nSPS) is 11.9. The summed E-state index contributed by atoms with van der Waals surface area (Å²) in [6.45, 7) is 0.359. The number of ether oxygens (including phenoxy) is 1. The summed E-state index contributed by atoms with van der Waals surface area (Å²) in [7, 11) is 1.60. The molecule has 0 aliphatic heterocycles. The van der Waals surface area contributed by atoms with E-state index >= 15 is 0 Å². The van der Waals surface area contributed by atoms with Crippen LogP contribution in [-0.4, -0.2) is 35.8 Å². The molecule has 2 rings (SSSR count). The number of aromatic nitrogens is 2. The minimum absolute atomic E-state index is 0.180. The highest BCUT2D eigenvalue weighted by atomic mass is 32.2. The summed E-state index contributed by atoms with van der Waals surface area (Å²) in [6, 6.07) is 8.80. The van der Waals surface area contributed by atoms with Crippen LogP contribution in [-0.2, 0) is 4.74 Å². The fourth-order valence-corrected chi connectivity index (χ4v) is 2.46. The van der Waals surface area contributed by atoms with E-state index in [1.807, 2.05) is 24.5 Å². The maximum atomic E-state index is 12.4. The van der Waals surface area contributed by atoms with E-state index in [1.165, 1.54) is 11.8 Å². The summed E-state index contributed by atoms with van der Waals surface area (Å²) >= 11 is 1.44. The minimum atomic E-state index is -0.293. The molecule has 0 saturated heterocycles. The first-order valence-corrected chi connectivity index (χ1v) is 7.68. The van der Waals surface area contributed by atoms with Gasteiger partial charge in [0.15, 0.2) is 0 Å². The van der Waals surface area contributed by atoms with Gasteiger partial charge in [0, 0.05) is 19.5 Å². The monoisotopic (exact) mass is 303 g/mol. The average Bonchev–Trinajstić information content (AvgIpc) is 2.55. The minimum Gasteiger partial charge on any atom is -0.382 e. The molecule has 1 atom stereocenters. The molecule has 0 radical (unpaired) electrons. The SMILES string of the molecule is COCC(NC(=O)c1cccnc1SC)c1ccccn1. The largest absolute Gasteiger partial charge is 0.382 e. The Morgan fingerprint density at radius 3 is 2.76 bits per heavy atom. The van der Waals surface area contributed by atoms with Gasteiger partial charge in [0.1, 0.15) is 5.03 Å². The predicted molar refractivity (Wildman–Crippen MR) is 82.3 cm³/mol. The lowest BCUT2D eigenvalue weighted by Crippen LogP contribution is -2.32. The smallest absolute Gasteiger partial charge is 0.254 e. The number of carbonyl (C=O) groups excluding carboxylic acids is 1. The number of thioether (sulfide) groups is 1. The van der Waals surface area contributed by atoms with E-state index in [-0.39, 0.29) is 11.9 Å². The van der Waals surface area contributed by atoms with Crippen LogP contribution in [0.3, 0.4) is 0 Å². The van der Waals surface area contributed by atoms with Crippen molar-refractivity contribution in [3.8, 4) is 0 Å². The summed E-state index contributed by atoms with van der Waals surface area (Å²) in [5, 5.41) is 3.65. The van der Waals surface area contributed by atoms with Crippen LogP contribution in [0.2, 0.25) is 0 Å². The Morgan fingerprint density at radius 2 is 2.10 bits per heavy atom. The van der Waals surface area contributed by atoms with Crippen molar-refractivity contribution >= 4 is 17.7 Å². The van der Waals surface area contributed by atoms with Crippen LogP contribution in [0.5, 0.6) is 0 Å². The van der Waals surface area contributed by atoms with Crippen molar-refractivity contribution in [2.24, 2.45) is 0 Å². The molecule has 0 spiro atoms. The van der Waals surface area contributed by atoms with Crippen LogP contribution in [0.15, 0.2) is 47.8 Å². The Hall–Kier alpha value is -1.92. The van der Waals surface area contributed by atoms with Crippen molar-refractivity contribution in [1.82, 2.24) is 15.3 Å². The zero-order chi connectivity index (χ0) is 15.1. The number of carbonyl (C=O) groups is 1. The molecule has 21 heavy (non-hydrogen) atoms. The molecule has 5 nitrogen and oxygen atoms in total. The molecule has 1 N–H and O–H groups in total. The summed E-state index contributed by atoms with van der Waals surface area (Å²) in [6.07, 6.45) is 5.26. The molecule has 2 aromatic rings. The van der Waals surface area contributed by atoms with Gasteiger partial charge in [0.25, 0.3) is 5.91 Å². The highest BCUT2D eigenvalue weighted by Crippen LogP contribution is 2.18. The van der Waals surface area contributed by atoms with Gasteiger partial charge < -0.3 is 10.1 Å². The molecular formula is C15H17N3O2S. The van der Waals surface area contributed by atoms with Crippen LogP contribution in [0.1, 0.15) is 22.1 Å². The molecule has 0 bridgehead atoms. The van der Waals surface area contributed by atoms with Gasteiger partial charge in [-0.05, 0) is 30.5 Å². The predicted octanol–water partition coefficient (Wildman–Crippen LogP) is 2.32. The Balaban J connectivity index is 2.19. The molecule has 1 amide bonds. The highest BCUT2D eigenvalue weighted by Gasteiger charge is 2.18. The quantitative estimate of drug-likeness (QED) is 0.830. The van der Waals surface area contributed by atoms with Gasteiger partial charge in [-0.25, -0.2) is 4.98 Å². The number of methoxy groups -OCH3 is 1.